The molecule has 1 aromatic carbocycles. The van der Waals surface area contributed by atoms with Crippen molar-refractivity contribution >= 4 is 24.0 Å². The Hall–Kier alpha value is -1.22. The molecule has 0 saturated heterocycles. The van der Waals surface area contributed by atoms with Crippen LogP contribution in [0, 0.1) is 0 Å². The molecular formula is C9H13ClN2O. The summed E-state index contributed by atoms with van der Waals surface area (Å²) in [6, 6.07) is 7.20. The molecule has 0 aliphatic rings. The Balaban J connectivity index is 0.00000144. The highest BCUT2D eigenvalue weighted by Crippen LogP contribution is 2.13. The van der Waals surface area contributed by atoms with Crippen LogP contribution in [0.2, 0.25) is 0 Å². The average Bonchev–Trinajstić information content (AvgIpc) is 2.05. The summed E-state index contributed by atoms with van der Waals surface area (Å²) in [5.41, 5.74) is 6.51. The zero-order valence-electron chi connectivity index (χ0n) is 7.41. The van der Waals surface area contributed by atoms with Crippen molar-refractivity contribution in [2.24, 2.45) is 5.73 Å². The molecule has 0 saturated carbocycles. The quantitative estimate of drug-likeness (QED) is 0.780. The first-order chi connectivity index (χ1) is 5.75. The van der Waals surface area contributed by atoms with Gasteiger partial charge in [-0.05, 0) is 19.1 Å². The number of rotatable bonds is 3. The Morgan fingerprint density at radius 2 is 2.08 bits per heavy atom. The number of anilines is 1. The minimum atomic E-state index is -0.397. The van der Waals surface area contributed by atoms with Crippen LogP contribution < -0.4 is 11.1 Å². The van der Waals surface area contributed by atoms with Crippen LogP contribution in [0.3, 0.4) is 0 Å². The third-order valence-electron chi connectivity index (χ3n) is 1.56. The summed E-state index contributed by atoms with van der Waals surface area (Å²) in [6.07, 6.45) is 0. The van der Waals surface area contributed by atoms with Crippen LogP contribution in [0.15, 0.2) is 24.3 Å². The largest absolute Gasteiger partial charge is 0.385 e. The SMILES string of the molecule is CCNc1ccccc1C(N)=O.Cl. The number of nitrogens with two attached hydrogens (primary N) is 1. The topological polar surface area (TPSA) is 55.1 Å². The number of carbonyl (C=O) groups excluding carboxylic acids is 1. The smallest absolute Gasteiger partial charge is 0.250 e. The van der Waals surface area contributed by atoms with Gasteiger partial charge in [0.15, 0.2) is 0 Å². The number of hydrogen-bond donors (Lipinski definition) is 2. The van der Waals surface area contributed by atoms with Crippen molar-refractivity contribution in [2.75, 3.05) is 11.9 Å². The second kappa shape index (κ2) is 5.43. The molecule has 3 nitrogen and oxygen atoms in total. The van der Waals surface area contributed by atoms with Gasteiger partial charge >= 0.3 is 0 Å². The normalized spacial score (nSPS) is 8.69. The van der Waals surface area contributed by atoms with E-state index in [2.05, 4.69) is 5.32 Å². The minimum Gasteiger partial charge on any atom is -0.385 e. The summed E-state index contributed by atoms with van der Waals surface area (Å²) in [6.45, 7) is 2.75. The number of para-hydroxylation sites is 1. The van der Waals surface area contributed by atoms with E-state index in [9.17, 15) is 4.79 Å². The summed E-state index contributed by atoms with van der Waals surface area (Å²) in [7, 11) is 0. The van der Waals surface area contributed by atoms with Crippen LogP contribution in [0.5, 0.6) is 0 Å². The third-order valence-corrected chi connectivity index (χ3v) is 1.56. The third kappa shape index (κ3) is 2.95. The Bertz CT molecular complexity index is 289. The lowest BCUT2D eigenvalue weighted by Crippen LogP contribution is -2.14. The standard InChI is InChI=1S/C9H12N2O.ClH/c1-2-11-8-6-4-3-5-7(8)9(10)12;/h3-6,11H,2H2,1H3,(H2,10,12);1H. The molecule has 0 heterocycles. The first-order valence-corrected chi connectivity index (χ1v) is 3.88. The molecule has 13 heavy (non-hydrogen) atoms. The van der Waals surface area contributed by atoms with Crippen LogP contribution in [-0.2, 0) is 0 Å². The van der Waals surface area contributed by atoms with Gasteiger partial charge in [-0.25, -0.2) is 0 Å². The zero-order valence-corrected chi connectivity index (χ0v) is 8.23. The van der Waals surface area contributed by atoms with Gasteiger partial charge in [0.25, 0.3) is 5.91 Å². The van der Waals surface area contributed by atoms with E-state index in [4.69, 9.17) is 5.73 Å². The van der Waals surface area contributed by atoms with Gasteiger partial charge < -0.3 is 11.1 Å². The predicted molar refractivity (Wildman–Crippen MR) is 56.4 cm³/mol. The number of benzene rings is 1. The summed E-state index contributed by atoms with van der Waals surface area (Å²) in [5, 5.41) is 3.06. The van der Waals surface area contributed by atoms with Gasteiger partial charge in [0.2, 0.25) is 0 Å². The number of amides is 1. The molecule has 4 heteroatoms. The van der Waals surface area contributed by atoms with Gasteiger partial charge in [-0.3, -0.25) is 4.79 Å². The van der Waals surface area contributed by atoms with Crippen LogP contribution in [0.25, 0.3) is 0 Å². The number of carbonyl (C=O) groups is 1. The molecule has 72 valence electrons. The summed E-state index contributed by atoms with van der Waals surface area (Å²) < 4.78 is 0. The number of nitrogens with one attached hydrogen (secondary N) is 1. The van der Waals surface area contributed by atoms with Crippen molar-refractivity contribution in [2.45, 2.75) is 6.92 Å². The summed E-state index contributed by atoms with van der Waals surface area (Å²) >= 11 is 0. The van der Waals surface area contributed by atoms with Gasteiger partial charge in [-0.15, -0.1) is 12.4 Å². The minimum absolute atomic E-state index is 0. The number of hydrogen-bond acceptors (Lipinski definition) is 2. The molecule has 0 aliphatic carbocycles. The fourth-order valence-electron chi connectivity index (χ4n) is 1.04. The Labute approximate surface area is 83.7 Å². The maximum absolute atomic E-state index is 10.9. The van der Waals surface area contributed by atoms with Gasteiger partial charge in [0.05, 0.1) is 5.56 Å². The van der Waals surface area contributed by atoms with E-state index in [1.54, 1.807) is 12.1 Å². The monoisotopic (exact) mass is 200 g/mol. The van der Waals surface area contributed by atoms with Crippen molar-refractivity contribution in [1.82, 2.24) is 0 Å². The van der Waals surface area contributed by atoms with Crippen LogP contribution >= 0.6 is 12.4 Å². The molecule has 0 unspecified atom stereocenters. The fourth-order valence-corrected chi connectivity index (χ4v) is 1.04. The highest BCUT2D eigenvalue weighted by atomic mass is 35.5. The van der Waals surface area contributed by atoms with E-state index in [1.807, 2.05) is 19.1 Å². The summed E-state index contributed by atoms with van der Waals surface area (Å²) in [5.74, 6) is -0.397. The maximum atomic E-state index is 10.9. The van der Waals surface area contributed by atoms with Crippen molar-refractivity contribution in [1.29, 1.82) is 0 Å². The van der Waals surface area contributed by atoms with Crippen molar-refractivity contribution < 1.29 is 4.79 Å². The first-order valence-electron chi connectivity index (χ1n) is 3.88. The average molecular weight is 201 g/mol. The Morgan fingerprint density at radius 3 is 2.62 bits per heavy atom. The van der Waals surface area contributed by atoms with Crippen LogP contribution in [-0.4, -0.2) is 12.5 Å². The van der Waals surface area contributed by atoms with Crippen molar-refractivity contribution in [3.8, 4) is 0 Å². The van der Waals surface area contributed by atoms with E-state index in [1.165, 1.54) is 0 Å². The molecule has 0 radical (unpaired) electrons. The fraction of sp³-hybridized carbons (Fsp3) is 0.222. The Morgan fingerprint density at radius 1 is 1.46 bits per heavy atom. The van der Waals surface area contributed by atoms with E-state index < -0.39 is 5.91 Å². The molecule has 1 rings (SSSR count). The summed E-state index contributed by atoms with van der Waals surface area (Å²) in [4.78, 5) is 10.9. The van der Waals surface area contributed by atoms with E-state index >= 15 is 0 Å². The first kappa shape index (κ1) is 11.8. The second-order valence-corrected chi connectivity index (χ2v) is 2.44. The maximum Gasteiger partial charge on any atom is 0.250 e. The molecule has 1 amide bonds. The lowest BCUT2D eigenvalue weighted by molar-refractivity contribution is 0.100. The van der Waals surface area contributed by atoms with Crippen molar-refractivity contribution in [3.05, 3.63) is 29.8 Å². The van der Waals surface area contributed by atoms with E-state index in [0.717, 1.165) is 12.2 Å². The molecule has 0 bridgehead atoms. The van der Waals surface area contributed by atoms with E-state index in [-0.39, 0.29) is 12.4 Å². The lowest BCUT2D eigenvalue weighted by atomic mass is 10.1. The van der Waals surface area contributed by atoms with Gasteiger partial charge in [0.1, 0.15) is 0 Å². The van der Waals surface area contributed by atoms with E-state index in [0.29, 0.717) is 5.56 Å². The predicted octanol–water partition coefficient (Wildman–Crippen LogP) is 1.64. The van der Waals surface area contributed by atoms with Crippen LogP contribution in [0.4, 0.5) is 5.69 Å². The molecular weight excluding hydrogens is 188 g/mol. The molecule has 0 aliphatic heterocycles. The Kier molecular flexibility index (Phi) is 4.92. The number of halogens is 1. The molecule has 1 aromatic rings. The highest BCUT2D eigenvalue weighted by Gasteiger charge is 2.04. The van der Waals surface area contributed by atoms with Crippen molar-refractivity contribution in [3.63, 3.8) is 0 Å². The lowest BCUT2D eigenvalue weighted by Gasteiger charge is -2.06. The second-order valence-electron chi connectivity index (χ2n) is 2.44. The molecule has 0 aromatic heterocycles. The van der Waals surface area contributed by atoms with Gasteiger partial charge in [0, 0.05) is 12.2 Å². The molecule has 0 fully saturated rings. The molecule has 0 atom stereocenters. The van der Waals surface area contributed by atoms with Crippen LogP contribution in [0.1, 0.15) is 17.3 Å². The van der Waals surface area contributed by atoms with Gasteiger partial charge in [-0.2, -0.15) is 0 Å². The molecule has 3 N–H and O–H groups in total. The van der Waals surface area contributed by atoms with Gasteiger partial charge in [-0.1, -0.05) is 12.1 Å². The number of primary amides is 1. The zero-order chi connectivity index (χ0) is 8.97. The molecule has 0 spiro atoms. The highest BCUT2D eigenvalue weighted by molar-refractivity contribution is 5.98.